The van der Waals surface area contributed by atoms with Crippen LogP contribution in [-0.2, 0) is 11.4 Å². The summed E-state index contributed by atoms with van der Waals surface area (Å²) in [5, 5.41) is 9.16. The van der Waals surface area contributed by atoms with E-state index in [1.54, 1.807) is 18.2 Å². The van der Waals surface area contributed by atoms with E-state index in [1.807, 2.05) is 61.5 Å². The fourth-order valence-electron chi connectivity index (χ4n) is 3.27. The van der Waals surface area contributed by atoms with Gasteiger partial charge in [0.25, 0.3) is 5.91 Å². The van der Waals surface area contributed by atoms with Crippen LogP contribution in [0.1, 0.15) is 46.0 Å². The average Bonchev–Trinajstić information content (AvgIpc) is 2.76. The second-order valence-electron chi connectivity index (χ2n) is 7.19. The molecular formula is C25H25NO5. The summed E-state index contributed by atoms with van der Waals surface area (Å²) >= 11 is 0. The molecule has 0 radical (unpaired) electrons. The third-order valence-electron chi connectivity index (χ3n) is 4.89. The second-order valence-corrected chi connectivity index (χ2v) is 7.19. The number of primary amides is 1. The van der Waals surface area contributed by atoms with Crippen LogP contribution in [0.15, 0.2) is 72.8 Å². The number of amides is 1. The van der Waals surface area contributed by atoms with Crippen LogP contribution in [0.2, 0.25) is 0 Å². The number of aryl methyl sites for hydroxylation is 1. The van der Waals surface area contributed by atoms with Crippen LogP contribution in [-0.4, -0.2) is 17.0 Å². The van der Waals surface area contributed by atoms with Crippen LogP contribution in [0, 0.1) is 6.92 Å². The van der Waals surface area contributed by atoms with Crippen molar-refractivity contribution >= 4 is 11.9 Å². The van der Waals surface area contributed by atoms with Crippen molar-refractivity contribution in [1.29, 1.82) is 0 Å². The first-order valence-corrected chi connectivity index (χ1v) is 9.98. The van der Waals surface area contributed by atoms with E-state index in [2.05, 4.69) is 0 Å². The van der Waals surface area contributed by atoms with Gasteiger partial charge < -0.3 is 20.3 Å². The van der Waals surface area contributed by atoms with Crippen LogP contribution in [0.4, 0.5) is 0 Å². The maximum Gasteiger partial charge on any atom is 0.303 e. The fourth-order valence-corrected chi connectivity index (χ4v) is 3.27. The molecule has 6 nitrogen and oxygen atoms in total. The van der Waals surface area contributed by atoms with Gasteiger partial charge in [-0.1, -0.05) is 54.6 Å². The first kappa shape index (κ1) is 21.9. The molecule has 31 heavy (non-hydrogen) atoms. The van der Waals surface area contributed by atoms with Crippen LogP contribution in [0.3, 0.4) is 0 Å². The Morgan fingerprint density at radius 1 is 1.00 bits per heavy atom. The molecule has 0 saturated heterocycles. The van der Waals surface area contributed by atoms with Gasteiger partial charge in [-0.2, -0.15) is 0 Å². The lowest BCUT2D eigenvalue weighted by Gasteiger charge is -2.22. The summed E-state index contributed by atoms with van der Waals surface area (Å²) in [7, 11) is 0. The van der Waals surface area contributed by atoms with E-state index < -0.39 is 18.0 Å². The zero-order valence-electron chi connectivity index (χ0n) is 17.3. The van der Waals surface area contributed by atoms with E-state index >= 15 is 0 Å². The summed E-state index contributed by atoms with van der Waals surface area (Å²) in [6.07, 6.45) is -0.387. The standard InChI is InChI=1S/C25H25NO5/c1-17-7-5-6-10-20(17)22(13-14-24(27)28)31-23-15-19(11-12-21(23)25(26)29)30-16-18-8-3-2-4-9-18/h2-12,15,22H,13-14,16H2,1H3,(H2,26,29)(H,27,28)/t22-/m0/s1. The number of hydrogen-bond acceptors (Lipinski definition) is 4. The molecule has 3 aromatic carbocycles. The predicted molar refractivity (Wildman–Crippen MR) is 117 cm³/mol. The van der Waals surface area contributed by atoms with Crippen LogP contribution >= 0.6 is 0 Å². The van der Waals surface area contributed by atoms with Gasteiger partial charge in [-0.15, -0.1) is 0 Å². The number of rotatable bonds is 10. The highest BCUT2D eigenvalue weighted by Gasteiger charge is 2.20. The normalized spacial score (nSPS) is 11.5. The molecule has 1 atom stereocenters. The largest absolute Gasteiger partial charge is 0.489 e. The van der Waals surface area contributed by atoms with E-state index in [-0.39, 0.29) is 24.2 Å². The van der Waals surface area contributed by atoms with Crippen LogP contribution in [0.5, 0.6) is 11.5 Å². The van der Waals surface area contributed by atoms with Crippen molar-refractivity contribution in [3.63, 3.8) is 0 Å². The monoisotopic (exact) mass is 419 g/mol. The molecule has 0 aliphatic carbocycles. The maximum absolute atomic E-state index is 12.0. The quantitative estimate of drug-likeness (QED) is 0.498. The molecule has 160 valence electrons. The molecule has 6 heteroatoms. The number of carbonyl (C=O) groups excluding carboxylic acids is 1. The molecule has 0 saturated carbocycles. The third kappa shape index (κ3) is 6.09. The molecule has 0 bridgehead atoms. The van der Waals surface area contributed by atoms with Crippen molar-refractivity contribution in [2.75, 3.05) is 0 Å². The Labute approximate surface area is 181 Å². The lowest BCUT2D eigenvalue weighted by atomic mass is 9.99. The highest BCUT2D eigenvalue weighted by Crippen LogP contribution is 2.33. The zero-order chi connectivity index (χ0) is 22.2. The molecule has 0 aliphatic heterocycles. The molecule has 0 spiro atoms. The number of ether oxygens (including phenoxy) is 2. The highest BCUT2D eigenvalue weighted by molar-refractivity contribution is 5.95. The number of aliphatic carboxylic acids is 1. The van der Waals surface area contributed by atoms with E-state index in [0.717, 1.165) is 16.7 Å². The van der Waals surface area contributed by atoms with Crippen molar-refractivity contribution in [2.45, 2.75) is 32.5 Å². The Bertz CT molecular complexity index is 1050. The number of hydrogen-bond donors (Lipinski definition) is 2. The number of benzene rings is 3. The van der Waals surface area contributed by atoms with Crippen molar-refractivity contribution in [1.82, 2.24) is 0 Å². The average molecular weight is 419 g/mol. The SMILES string of the molecule is Cc1ccccc1[C@H](CCC(=O)O)Oc1cc(OCc2ccccc2)ccc1C(N)=O. The van der Waals surface area contributed by atoms with Crippen LogP contribution < -0.4 is 15.2 Å². The van der Waals surface area contributed by atoms with Gasteiger partial charge in [0, 0.05) is 12.5 Å². The molecule has 0 aromatic heterocycles. The van der Waals surface area contributed by atoms with Gasteiger partial charge >= 0.3 is 5.97 Å². The lowest BCUT2D eigenvalue weighted by Crippen LogP contribution is -2.16. The number of nitrogens with two attached hydrogens (primary N) is 1. The van der Waals surface area contributed by atoms with E-state index in [4.69, 9.17) is 20.3 Å². The molecular weight excluding hydrogens is 394 g/mol. The number of carboxylic acids is 1. The summed E-state index contributed by atoms with van der Waals surface area (Å²) in [4.78, 5) is 23.1. The molecule has 3 rings (SSSR count). The maximum atomic E-state index is 12.0. The topological polar surface area (TPSA) is 98.8 Å². The molecule has 0 fully saturated rings. The van der Waals surface area contributed by atoms with E-state index in [0.29, 0.717) is 12.4 Å². The fraction of sp³-hybridized carbons (Fsp3) is 0.200. The first-order chi connectivity index (χ1) is 14.9. The van der Waals surface area contributed by atoms with E-state index in [9.17, 15) is 9.59 Å². The molecule has 0 unspecified atom stereocenters. The number of carboxylic acid groups (broad SMARTS) is 1. The highest BCUT2D eigenvalue weighted by atomic mass is 16.5. The zero-order valence-corrected chi connectivity index (χ0v) is 17.3. The molecule has 0 aliphatic rings. The number of carbonyl (C=O) groups is 2. The molecule has 1 amide bonds. The van der Waals surface area contributed by atoms with Gasteiger partial charge in [0.05, 0.1) is 5.56 Å². The van der Waals surface area contributed by atoms with Gasteiger partial charge in [0.15, 0.2) is 0 Å². The van der Waals surface area contributed by atoms with Crippen molar-refractivity contribution in [3.05, 3.63) is 95.1 Å². The molecule has 0 heterocycles. The molecule has 3 N–H and O–H groups in total. The third-order valence-corrected chi connectivity index (χ3v) is 4.89. The van der Waals surface area contributed by atoms with Crippen molar-refractivity contribution in [2.24, 2.45) is 5.73 Å². The summed E-state index contributed by atoms with van der Waals surface area (Å²) in [6.45, 7) is 2.29. The van der Waals surface area contributed by atoms with Gasteiger partial charge in [-0.3, -0.25) is 9.59 Å². The Morgan fingerprint density at radius 2 is 1.71 bits per heavy atom. The Morgan fingerprint density at radius 3 is 2.39 bits per heavy atom. The second kappa shape index (κ2) is 10.3. The van der Waals surface area contributed by atoms with Crippen LogP contribution in [0.25, 0.3) is 0 Å². The van der Waals surface area contributed by atoms with Gasteiger partial charge in [0.1, 0.15) is 24.2 Å². The van der Waals surface area contributed by atoms with Gasteiger partial charge in [0.2, 0.25) is 0 Å². The summed E-state index contributed by atoms with van der Waals surface area (Å²) in [5.41, 5.74) is 8.58. The Kier molecular flexibility index (Phi) is 7.27. The summed E-state index contributed by atoms with van der Waals surface area (Å²) in [5.74, 6) is -0.772. The summed E-state index contributed by atoms with van der Waals surface area (Å²) in [6, 6.07) is 22.1. The van der Waals surface area contributed by atoms with Gasteiger partial charge in [-0.25, -0.2) is 0 Å². The van der Waals surface area contributed by atoms with Crippen molar-refractivity contribution < 1.29 is 24.2 Å². The smallest absolute Gasteiger partial charge is 0.303 e. The molecule has 3 aromatic rings. The minimum Gasteiger partial charge on any atom is -0.489 e. The minimum absolute atomic E-state index is 0.0743. The summed E-state index contributed by atoms with van der Waals surface area (Å²) < 4.78 is 12.0. The predicted octanol–water partition coefficient (Wildman–Crippen LogP) is 4.66. The van der Waals surface area contributed by atoms with Gasteiger partial charge in [-0.05, 0) is 42.2 Å². The van der Waals surface area contributed by atoms with E-state index in [1.165, 1.54) is 0 Å². The Hall–Kier alpha value is -3.80. The minimum atomic E-state index is -0.919. The first-order valence-electron chi connectivity index (χ1n) is 9.98. The van der Waals surface area contributed by atoms with Crippen molar-refractivity contribution in [3.8, 4) is 11.5 Å². The lowest BCUT2D eigenvalue weighted by molar-refractivity contribution is -0.137. The Balaban J connectivity index is 1.88.